The van der Waals surface area contributed by atoms with Crippen LogP contribution in [0.2, 0.25) is 0 Å². The smallest absolute Gasteiger partial charge is 0.274 e. The number of imide groups is 1. The molecule has 0 radical (unpaired) electrons. The second-order valence-electron chi connectivity index (χ2n) is 6.56. The molecule has 8 heteroatoms. The van der Waals surface area contributed by atoms with Gasteiger partial charge in [0.1, 0.15) is 0 Å². The van der Waals surface area contributed by atoms with Crippen LogP contribution in [0.1, 0.15) is 12.0 Å². The van der Waals surface area contributed by atoms with Crippen LogP contribution in [0.25, 0.3) is 0 Å². The summed E-state index contributed by atoms with van der Waals surface area (Å²) >= 11 is 7.16. The van der Waals surface area contributed by atoms with Crippen LogP contribution in [0.4, 0.5) is 18.9 Å². The molecular formula is C16H12Br2F3NO2. The van der Waals surface area contributed by atoms with Gasteiger partial charge in [-0.1, -0.05) is 37.9 Å². The van der Waals surface area contributed by atoms with E-state index in [0.29, 0.717) is 0 Å². The lowest BCUT2D eigenvalue weighted by Crippen LogP contribution is -2.37. The number of alkyl halides is 5. The molecule has 2 unspecified atom stereocenters. The average molecular weight is 467 g/mol. The summed E-state index contributed by atoms with van der Waals surface area (Å²) in [5.41, 5.74) is -0.858. The van der Waals surface area contributed by atoms with Gasteiger partial charge in [-0.05, 0) is 36.5 Å². The number of amides is 2. The Hall–Kier alpha value is -0.890. The lowest BCUT2D eigenvalue weighted by atomic mass is 9.81. The van der Waals surface area contributed by atoms with Crippen LogP contribution in [0.5, 0.6) is 0 Å². The second-order valence-corrected chi connectivity index (χ2v) is 8.68. The number of nitrogens with zero attached hydrogens (tertiary/aromatic N) is 1. The molecule has 1 heterocycles. The number of anilines is 1. The van der Waals surface area contributed by atoms with E-state index in [-0.39, 0.29) is 39.0 Å². The largest absolute Gasteiger partial charge is 0.416 e. The highest BCUT2D eigenvalue weighted by Crippen LogP contribution is 2.60. The minimum absolute atomic E-state index is 0.00544. The number of rotatable bonds is 1. The fourth-order valence-electron chi connectivity index (χ4n) is 4.42. The molecule has 0 aromatic heterocycles. The van der Waals surface area contributed by atoms with Crippen LogP contribution in [0.15, 0.2) is 24.3 Å². The predicted molar refractivity (Wildman–Crippen MR) is 87.9 cm³/mol. The van der Waals surface area contributed by atoms with E-state index in [9.17, 15) is 22.8 Å². The van der Waals surface area contributed by atoms with Crippen molar-refractivity contribution < 1.29 is 22.8 Å². The van der Waals surface area contributed by atoms with E-state index in [4.69, 9.17) is 0 Å². The van der Waals surface area contributed by atoms with Gasteiger partial charge in [0.25, 0.3) is 0 Å². The maximum absolute atomic E-state index is 12.9. The molecule has 1 aromatic carbocycles. The van der Waals surface area contributed by atoms with Crippen LogP contribution in [0.3, 0.4) is 0 Å². The van der Waals surface area contributed by atoms with E-state index < -0.39 is 23.6 Å². The van der Waals surface area contributed by atoms with E-state index in [1.165, 1.54) is 12.1 Å². The summed E-state index contributed by atoms with van der Waals surface area (Å²) in [6, 6.07) is 4.41. The molecule has 2 saturated carbocycles. The summed E-state index contributed by atoms with van der Waals surface area (Å²) < 4.78 is 38.7. The number of carbonyl (C=O) groups is 2. The van der Waals surface area contributed by atoms with E-state index in [0.717, 1.165) is 23.5 Å². The van der Waals surface area contributed by atoms with Crippen LogP contribution < -0.4 is 4.90 Å². The number of hydrogen-bond acceptors (Lipinski definition) is 2. The Bertz CT molecular complexity index is 706. The van der Waals surface area contributed by atoms with Crippen molar-refractivity contribution in [1.82, 2.24) is 0 Å². The van der Waals surface area contributed by atoms with Gasteiger partial charge in [-0.3, -0.25) is 14.5 Å². The maximum atomic E-state index is 12.9. The summed E-state index contributed by atoms with van der Waals surface area (Å²) in [5.74, 6) is -1.54. The highest BCUT2D eigenvalue weighted by molar-refractivity contribution is 9.12. The zero-order valence-corrected chi connectivity index (χ0v) is 15.3. The average Bonchev–Trinajstić information content (AvgIpc) is 3.12. The molecule has 2 amide bonds. The molecule has 3 aliphatic rings. The van der Waals surface area contributed by atoms with Crippen LogP contribution in [-0.2, 0) is 15.8 Å². The van der Waals surface area contributed by atoms with Gasteiger partial charge in [-0.15, -0.1) is 0 Å². The number of hydrogen-bond donors (Lipinski definition) is 0. The van der Waals surface area contributed by atoms with Gasteiger partial charge < -0.3 is 0 Å². The van der Waals surface area contributed by atoms with Crippen molar-refractivity contribution in [3.05, 3.63) is 29.8 Å². The molecule has 24 heavy (non-hydrogen) atoms. The van der Waals surface area contributed by atoms with Gasteiger partial charge in [0.05, 0.1) is 23.1 Å². The standard InChI is InChI=1S/C16H12Br2F3NO2/c17-12-8-5-9(13(12)18)11-10(8)14(23)22(15(11)24)7-3-1-2-6(4-7)16(19,20)21/h1-4,8-13H,5H2/t8-,9+,10+,11-,12?,13?. The number of fused-ring (bicyclic) bond motifs is 5. The Balaban J connectivity index is 1.72. The molecule has 128 valence electrons. The van der Waals surface area contributed by atoms with Crippen molar-refractivity contribution in [3.63, 3.8) is 0 Å². The Morgan fingerprint density at radius 3 is 2.04 bits per heavy atom. The van der Waals surface area contributed by atoms with E-state index >= 15 is 0 Å². The highest BCUT2D eigenvalue weighted by Gasteiger charge is 2.66. The SMILES string of the molecule is O=C1[C@@H]2[C@H](C(=O)N1c1cccc(C(F)(F)F)c1)[C@@H]1C[C@H]2C(Br)C1Br. The van der Waals surface area contributed by atoms with E-state index in [1.807, 2.05) is 0 Å². The molecule has 6 atom stereocenters. The first-order chi connectivity index (χ1) is 11.2. The first-order valence-corrected chi connectivity index (χ1v) is 9.38. The topological polar surface area (TPSA) is 37.4 Å². The van der Waals surface area contributed by atoms with Crippen LogP contribution >= 0.6 is 31.9 Å². The summed E-state index contributed by atoms with van der Waals surface area (Å²) in [6.45, 7) is 0. The van der Waals surface area contributed by atoms with Gasteiger partial charge in [0.15, 0.2) is 0 Å². The van der Waals surface area contributed by atoms with Gasteiger partial charge in [0.2, 0.25) is 11.8 Å². The fourth-order valence-corrected chi connectivity index (χ4v) is 6.30. The molecule has 2 bridgehead atoms. The first kappa shape index (κ1) is 16.6. The minimum Gasteiger partial charge on any atom is -0.274 e. The molecule has 3 nitrogen and oxygen atoms in total. The summed E-state index contributed by atoms with van der Waals surface area (Å²) in [5, 5.41) is 0. The predicted octanol–water partition coefficient (Wildman–Crippen LogP) is 3.99. The molecule has 4 rings (SSSR count). The van der Waals surface area contributed by atoms with Gasteiger partial charge in [0, 0.05) is 9.65 Å². The van der Waals surface area contributed by atoms with Gasteiger partial charge in [-0.25, -0.2) is 0 Å². The molecule has 0 spiro atoms. The molecule has 2 aliphatic carbocycles. The van der Waals surface area contributed by atoms with E-state index in [2.05, 4.69) is 31.9 Å². The molecule has 3 fully saturated rings. The second kappa shape index (κ2) is 5.30. The summed E-state index contributed by atoms with van der Waals surface area (Å²) in [6.07, 6.45) is -3.73. The third-order valence-corrected chi connectivity index (χ3v) is 8.63. The van der Waals surface area contributed by atoms with Gasteiger partial charge in [-0.2, -0.15) is 13.2 Å². The molecular weight excluding hydrogens is 455 g/mol. The summed E-state index contributed by atoms with van der Waals surface area (Å²) in [4.78, 5) is 26.7. The van der Waals surface area contributed by atoms with Crippen molar-refractivity contribution in [2.75, 3.05) is 4.90 Å². The highest BCUT2D eigenvalue weighted by atomic mass is 79.9. The Labute approximate surface area is 152 Å². The number of carbonyl (C=O) groups excluding carboxylic acids is 2. The zero-order chi connectivity index (χ0) is 17.4. The van der Waals surface area contributed by atoms with Crippen LogP contribution in [-0.4, -0.2) is 21.5 Å². The normalized spacial score (nSPS) is 38.1. The Kier molecular flexibility index (Phi) is 3.66. The molecule has 1 aromatic rings. The lowest BCUT2D eigenvalue weighted by Gasteiger charge is -2.28. The Morgan fingerprint density at radius 1 is 1.00 bits per heavy atom. The quantitative estimate of drug-likeness (QED) is 0.463. The van der Waals surface area contributed by atoms with E-state index in [1.54, 1.807) is 0 Å². The van der Waals surface area contributed by atoms with Crippen molar-refractivity contribution in [1.29, 1.82) is 0 Å². The lowest BCUT2D eigenvalue weighted by molar-refractivity contribution is -0.137. The minimum atomic E-state index is -4.52. The monoisotopic (exact) mass is 465 g/mol. The zero-order valence-electron chi connectivity index (χ0n) is 12.1. The van der Waals surface area contributed by atoms with Crippen molar-refractivity contribution >= 4 is 49.4 Å². The van der Waals surface area contributed by atoms with Gasteiger partial charge >= 0.3 is 6.18 Å². The molecule has 1 aliphatic heterocycles. The maximum Gasteiger partial charge on any atom is 0.416 e. The van der Waals surface area contributed by atoms with Crippen molar-refractivity contribution in [2.24, 2.45) is 23.7 Å². The van der Waals surface area contributed by atoms with Crippen molar-refractivity contribution in [2.45, 2.75) is 22.3 Å². The third-order valence-electron chi connectivity index (χ3n) is 5.42. The number of halogens is 5. The number of benzene rings is 1. The molecule has 0 N–H and O–H groups in total. The van der Waals surface area contributed by atoms with Crippen molar-refractivity contribution in [3.8, 4) is 0 Å². The molecule has 1 saturated heterocycles. The third kappa shape index (κ3) is 2.14. The first-order valence-electron chi connectivity index (χ1n) is 7.55. The fraction of sp³-hybridized carbons (Fsp3) is 0.500. The Morgan fingerprint density at radius 2 is 1.54 bits per heavy atom. The van der Waals surface area contributed by atoms with Crippen LogP contribution in [0, 0.1) is 23.7 Å². The summed E-state index contributed by atoms with van der Waals surface area (Å²) in [7, 11) is 0.